The number of aryl methyl sites for hydroxylation is 1. The fourth-order valence-corrected chi connectivity index (χ4v) is 2.40. The summed E-state index contributed by atoms with van der Waals surface area (Å²) in [6.45, 7) is 8.53. The molecule has 1 aromatic carbocycles. The molecular formula is C16H25NO. The lowest BCUT2D eigenvalue weighted by molar-refractivity contribution is 0.242. The van der Waals surface area contributed by atoms with E-state index in [0.717, 1.165) is 11.7 Å². The summed E-state index contributed by atoms with van der Waals surface area (Å²) in [6, 6.07) is 6.98. The van der Waals surface area contributed by atoms with Crippen LogP contribution in [0.15, 0.2) is 18.2 Å². The summed E-state index contributed by atoms with van der Waals surface area (Å²) in [5, 5.41) is 3.68. The molecule has 1 fully saturated rings. The maximum Gasteiger partial charge on any atom is 0.120 e. The van der Waals surface area contributed by atoms with Gasteiger partial charge in [0.1, 0.15) is 5.75 Å². The minimum Gasteiger partial charge on any atom is -0.491 e. The Morgan fingerprint density at radius 1 is 1.33 bits per heavy atom. The van der Waals surface area contributed by atoms with Gasteiger partial charge in [-0.3, -0.25) is 0 Å². The van der Waals surface area contributed by atoms with E-state index in [1.807, 2.05) is 0 Å². The van der Waals surface area contributed by atoms with E-state index in [2.05, 4.69) is 51.2 Å². The first kappa shape index (κ1) is 13.3. The van der Waals surface area contributed by atoms with E-state index in [1.54, 1.807) is 0 Å². The molecule has 1 aromatic rings. The third kappa shape index (κ3) is 3.41. The zero-order valence-electron chi connectivity index (χ0n) is 12.0. The standard InChI is InChI=1S/C16H25NO/c1-5-15(13-6-7-13)17-16-9-8-14(10-12(16)4)18-11(2)3/h8-11,13,15,17H,5-7H2,1-4H3. The van der Waals surface area contributed by atoms with E-state index in [0.29, 0.717) is 6.04 Å². The summed E-state index contributed by atoms with van der Waals surface area (Å²) in [4.78, 5) is 0. The second kappa shape index (κ2) is 5.64. The Kier molecular flexibility index (Phi) is 4.15. The van der Waals surface area contributed by atoms with E-state index < -0.39 is 0 Å². The van der Waals surface area contributed by atoms with Gasteiger partial charge >= 0.3 is 0 Å². The molecule has 1 atom stereocenters. The topological polar surface area (TPSA) is 21.3 Å². The molecule has 1 unspecified atom stereocenters. The normalized spacial score (nSPS) is 16.7. The Labute approximate surface area is 111 Å². The van der Waals surface area contributed by atoms with Crippen molar-refractivity contribution in [1.29, 1.82) is 0 Å². The Morgan fingerprint density at radius 3 is 2.56 bits per heavy atom. The first-order valence-electron chi connectivity index (χ1n) is 7.14. The Bertz CT molecular complexity index is 396. The average Bonchev–Trinajstić information content (AvgIpc) is 3.11. The van der Waals surface area contributed by atoms with E-state index in [4.69, 9.17) is 4.74 Å². The van der Waals surface area contributed by atoms with Gasteiger partial charge in [-0.2, -0.15) is 0 Å². The maximum absolute atomic E-state index is 5.71. The van der Waals surface area contributed by atoms with Crippen LogP contribution in [0.1, 0.15) is 45.6 Å². The maximum atomic E-state index is 5.71. The third-order valence-corrected chi connectivity index (χ3v) is 3.54. The molecule has 1 N–H and O–H groups in total. The summed E-state index contributed by atoms with van der Waals surface area (Å²) in [5.74, 6) is 1.86. The summed E-state index contributed by atoms with van der Waals surface area (Å²) < 4.78 is 5.71. The molecule has 0 radical (unpaired) electrons. The second-order valence-corrected chi connectivity index (χ2v) is 5.64. The zero-order chi connectivity index (χ0) is 13.1. The Hall–Kier alpha value is -1.18. The van der Waals surface area contributed by atoms with Gasteiger partial charge < -0.3 is 10.1 Å². The van der Waals surface area contributed by atoms with Crippen molar-refractivity contribution in [2.75, 3.05) is 5.32 Å². The van der Waals surface area contributed by atoms with Crippen LogP contribution in [-0.4, -0.2) is 12.1 Å². The van der Waals surface area contributed by atoms with Crippen LogP contribution in [0.3, 0.4) is 0 Å². The van der Waals surface area contributed by atoms with E-state index >= 15 is 0 Å². The molecule has 1 aliphatic rings. The van der Waals surface area contributed by atoms with Crippen LogP contribution in [0.5, 0.6) is 5.75 Å². The van der Waals surface area contributed by atoms with Crippen molar-refractivity contribution in [2.45, 2.75) is 59.1 Å². The average molecular weight is 247 g/mol. The Balaban J connectivity index is 2.04. The smallest absolute Gasteiger partial charge is 0.120 e. The molecule has 100 valence electrons. The number of anilines is 1. The lowest BCUT2D eigenvalue weighted by Crippen LogP contribution is -2.21. The number of hydrogen-bond acceptors (Lipinski definition) is 2. The summed E-state index contributed by atoms with van der Waals surface area (Å²) in [7, 11) is 0. The summed E-state index contributed by atoms with van der Waals surface area (Å²) in [6.07, 6.45) is 4.21. The van der Waals surface area contributed by atoms with E-state index in [9.17, 15) is 0 Å². The van der Waals surface area contributed by atoms with Crippen LogP contribution in [-0.2, 0) is 0 Å². The zero-order valence-corrected chi connectivity index (χ0v) is 12.0. The Morgan fingerprint density at radius 2 is 2.06 bits per heavy atom. The lowest BCUT2D eigenvalue weighted by Gasteiger charge is -2.20. The minimum atomic E-state index is 0.234. The molecule has 1 aliphatic carbocycles. The van der Waals surface area contributed by atoms with Crippen molar-refractivity contribution >= 4 is 5.69 Å². The van der Waals surface area contributed by atoms with Gasteiger partial charge in [0.05, 0.1) is 6.10 Å². The molecule has 0 aromatic heterocycles. The molecule has 18 heavy (non-hydrogen) atoms. The highest BCUT2D eigenvalue weighted by Crippen LogP contribution is 2.36. The predicted octanol–water partition coefficient (Wildman–Crippen LogP) is 4.38. The first-order chi connectivity index (χ1) is 8.60. The van der Waals surface area contributed by atoms with Gasteiger partial charge in [-0.25, -0.2) is 0 Å². The molecule has 0 amide bonds. The lowest BCUT2D eigenvalue weighted by atomic mass is 10.1. The van der Waals surface area contributed by atoms with Gasteiger partial charge in [-0.1, -0.05) is 6.92 Å². The van der Waals surface area contributed by atoms with Gasteiger partial charge in [0.25, 0.3) is 0 Å². The largest absolute Gasteiger partial charge is 0.491 e. The number of ether oxygens (including phenoxy) is 1. The molecular weight excluding hydrogens is 222 g/mol. The molecule has 0 heterocycles. The summed E-state index contributed by atoms with van der Waals surface area (Å²) in [5.41, 5.74) is 2.53. The van der Waals surface area contributed by atoms with Crippen molar-refractivity contribution < 1.29 is 4.74 Å². The van der Waals surface area contributed by atoms with Crippen LogP contribution in [0.4, 0.5) is 5.69 Å². The minimum absolute atomic E-state index is 0.234. The number of hydrogen-bond donors (Lipinski definition) is 1. The van der Waals surface area contributed by atoms with Crippen LogP contribution in [0.25, 0.3) is 0 Å². The van der Waals surface area contributed by atoms with Gasteiger partial charge in [0, 0.05) is 11.7 Å². The van der Waals surface area contributed by atoms with Crippen molar-refractivity contribution in [3.63, 3.8) is 0 Å². The summed E-state index contributed by atoms with van der Waals surface area (Å²) >= 11 is 0. The van der Waals surface area contributed by atoms with Crippen molar-refractivity contribution in [1.82, 2.24) is 0 Å². The van der Waals surface area contributed by atoms with Gasteiger partial charge in [-0.05, 0) is 69.7 Å². The van der Waals surface area contributed by atoms with Crippen LogP contribution >= 0.6 is 0 Å². The highest BCUT2D eigenvalue weighted by molar-refractivity contribution is 5.54. The van der Waals surface area contributed by atoms with Crippen LogP contribution < -0.4 is 10.1 Å². The van der Waals surface area contributed by atoms with Gasteiger partial charge in [0.2, 0.25) is 0 Å². The molecule has 2 heteroatoms. The first-order valence-corrected chi connectivity index (χ1v) is 7.14. The molecule has 0 saturated heterocycles. The fourth-order valence-electron chi connectivity index (χ4n) is 2.40. The van der Waals surface area contributed by atoms with Gasteiger partial charge in [-0.15, -0.1) is 0 Å². The molecule has 2 nitrogen and oxygen atoms in total. The monoisotopic (exact) mass is 247 g/mol. The van der Waals surface area contributed by atoms with Crippen molar-refractivity contribution in [3.05, 3.63) is 23.8 Å². The quantitative estimate of drug-likeness (QED) is 0.805. The molecule has 0 spiro atoms. The fraction of sp³-hybridized carbons (Fsp3) is 0.625. The highest BCUT2D eigenvalue weighted by atomic mass is 16.5. The third-order valence-electron chi connectivity index (χ3n) is 3.54. The molecule has 1 saturated carbocycles. The van der Waals surface area contributed by atoms with E-state index in [-0.39, 0.29) is 6.10 Å². The number of rotatable bonds is 6. The van der Waals surface area contributed by atoms with E-state index in [1.165, 1.54) is 30.5 Å². The molecule has 0 bridgehead atoms. The molecule has 0 aliphatic heterocycles. The molecule has 2 rings (SSSR count). The predicted molar refractivity (Wildman–Crippen MR) is 77.4 cm³/mol. The number of nitrogens with one attached hydrogen (secondary N) is 1. The highest BCUT2D eigenvalue weighted by Gasteiger charge is 2.29. The number of benzene rings is 1. The van der Waals surface area contributed by atoms with Crippen LogP contribution in [0, 0.1) is 12.8 Å². The van der Waals surface area contributed by atoms with Gasteiger partial charge in [0.15, 0.2) is 0 Å². The van der Waals surface area contributed by atoms with Crippen molar-refractivity contribution in [2.24, 2.45) is 5.92 Å². The second-order valence-electron chi connectivity index (χ2n) is 5.64. The van der Waals surface area contributed by atoms with Crippen molar-refractivity contribution in [3.8, 4) is 5.75 Å². The van der Waals surface area contributed by atoms with Crippen LogP contribution in [0.2, 0.25) is 0 Å². The SMILES string of the molecule is CCC(Nc1ccc(OC(C)C)cc1C)C1CC1.